The summed E-state index contributed by atoms with van der Waals surface area (Å²) in [6, 6.07) is 12.4. The Balaban J connectivity index is 1.42. The van der Waals surface area contributed by atoms with Crippen LogP contribution in [-0.4, -0.2) is 37.2 Å². The van der Waals surface area contributed by atoms with Crippen molar-refractivity contribution in [1.82, 2.24) is 15.6 Å². The maximum absolute atomic E-state index is 14.6. The Bertz CT molecular complexity index is 1190. The van der Waals surface area contributed by atoms with Gasteiger partial charge in [-0.1, -0.05) is 6.07 Å². The number of fused-ring (bicyclic) bond motifs is 1. The van der Waals surface area contributed by atoms with Crippen LogP contribution in [0.5, 0.6) is 11.5 Å². The van der Waals surface area contributed by atoms with Gasteiger partial charge in [-0.2, -0.15) is 0 Å². The molecule has 1 unspecified atom stereocenters. The van der Waals surface area contributed by atoms with Gasteiger partial charge in [0.1, 0.15) is 23.9 Å². The van der Waals surface area contributed by atoms with Crippen LogP contribution in [0, 0.1) is 12.7 Å². The lowest BCUT2D eigenvalue weighted by molar-refractivity contribution is 0.0926. The number of aryl methyl sites for hydroxylation is 1. The molecule has 0 spiro atoms. The minimum Gasteiger partial charge on any atom is -0.497 e. The van der Waals surface area contributed by atoms with Gasteiger partial charge in [-0.15, -0.1) is 0 Å². The fraction of sp³-hybridized carbons (Fsp3) is 0.360. The molecule has 32 heavy (non-hydrogen) atoms. The zero-order valence-electron chi connectivity index (χ0n) is 18.2. The Hall–Kier alpha value is -3.19. The summed E-state index contributed by atoms with van der Waals surface area (Å²) < 4.78 is 25.8. The molecule has 2 aromatic carbocycles. The zero-order chi connectivity index (χ0) is 22.3. The van der Waals surface area contributed by atoms with Crippen molar-refractivity contribution >= 4 is 16.8 Å². The molecule has 1 aliphatic carbocycles. The van der Waals surface area contributed by atoms with E-state index in [9.17, 15) is 9.18 Å². The number of carbonyl (C=O) groups excluding carboxylic acids is 1. The molecule has 2 aliphatic rings. The van der Waals surface area contributed by atoms with Crippen LogP contribution in [0.15, 0.2) is 42.5 Å². The van der Waals surface area contributed by atoms with Gasteiger partial charge >= 0.3 is 0 Å². The highest BCUT2D eigenvalue weighted by atomic mass is 19.1. The first-order chi connectivity index (χ1) is 15.5. The third kappa shape index (κ3) is 3.88. The van der Waals surface area contributed by atoms with E-state index < -0.39 is 17.3 Å². The molecule has 3 aromatic rings. The van der Waals surface area contributed by atoms with E-state index in [0.717, 1.165) is 48.0 Å². The van der Waals surface area contributed by atoms with Crippen LogP contribution in [0.1, 0.15) is 40.9 Å². The van der Waals surface area contributed by atoms with Crippen LogP contribution in [0.3, 0.4) is 0 Å². The highest BCUT2D eigenvalue weighted by Crippen LogP contribution is 2.49. The molecule has 7 heteroatoms. The van der Waals surface area contributed by atoms with Crippen LogP contribution in [0.25, 0.3) is 10.9 Å². The Labute approximate surface area is 186 Å². The van der Waals surface area contributed by atoms with Crippen molar-refractivity contribution in [1.29, 1.82) is 0 Å². The normalized spacial score (nSPS) is 18.7. The van der Waals surface area contributed by atoms with E-state index in [1.165, 1.54) is 12.1 Å². The third-order valence-corrected chi connectivity index (χ3v) is 6.33. The average Bonchev–Trinajstić information content (AvgIpc) is 3.53. The number of amides is 1. The predicted molar refractivity (Wildman–Crippen MR) is 120 cm³/mol. The lowest BCUT2D eigenvalue weighted by Crippen LogP contribution is -2.46. The van der Waals surface area contributed by atoms with Crippen molar-refractivity contribution in [3.8, 4) is 11.5 Å². The van der Waals surface area contributed by atoms with Crippen molar-refractivity contribution in [2.24, 2.45) is 0 Å². The van der Waals surface area contributed by atoms with Gasteiger partial charge in [-0.3, -0.25) is 9.78 Å². The summed E-state index contributed by atoms with van der Waals surface area (Å²) in [6.45, 7) is 3.42. The van der Waals surface area contributed by atoms with Crippen molar-refractivity contribution in [2.75, 3.05) is 20.3 Å². The maximum atomic E-state index is 14.6. The lowest BCUT2D eigenvalue weighted by atomic mass is 9.97. The molecule has 2 heterocycles. The van der Waals surface area contributed by atoms with E-state index >= 15 is 0 Å². The molecule has 0 radical (unpaired) electrons. The number of rotatable bonds is 7. The van der Waals surface area contributed by atoms with Gasteiger partial charge < -0.3 is 20.1 Å². The summed E-state index contributed by atoms with van der Waals surface area (Å²) in [5.74, 6) is 0.141. The largest absolute Gasteiger partial charge is 0.497 e. The fourth-order valence-corrected chi connectivity index (χ4v) is 4.15. The topological polar surface area (TPSA) is 72.5 Å². The Morgan fingerprint density at radius 2 is 2.03 bits per heavy atom. The molecule has 6 nitrogen and oxygen atoms in total. The smallest absolute Gasteiger partial charge is 0.255 e. The predicted octanol–water partition coefficient (Wildman–Crippen LogP) is 3.85. The van der Waals surface area contributed by atoms with Crippen LogP contribution >= 0.6 is 0 Å². The van der Waals surface area contributed by atoms with Gasteiger partial charge in [0.25, 0.3) is 5.91 Å². The molecule has 1 saturated carbocycles. The lowest BCUT2D eigenvalue weighted by Gasteiger charge is -2.27. The molecule has 1 aliphatic heterocycles. The summed E-state index contributed by atoms with van der Waals surface area (Å²) >= 11 is 0. The number of methoxy groups -OCH3 is 1. The number of aromatic nitrogens is 1. The first kappa shape index (κ1) is 20.7. The van der Waals surface area contributed by atoms with E-state index in [1.54, 1.807) is 13.2 Å². The van der Waals surface area contributed by atoms with Crippen molar-refractivity contribution in [2.45, 2.75) is 37.8 Å². The van der Waals surface area contributed by atoms with Crippen LogP contribution in [-0.2, 0) is 5.54 Å². The standard InChI is InChI=1S/C25H26FN3O3/c1-15-3-5-19-21(12-18(31-2)13-23(19)28-15)25(8-9-25)29-24(30)20-11-17(4-6-22(20)26)32-14-16-7-10-27-16/h3-6,11-13,16,27H,7-10,14H2,1-2H3,(H,29,30). The molecule has 5 rings (SSSR count). The molecule has 1 atom stereocenters. The molecule has 2 fully saturated rings. The molecular formula is C25H26FN3O3. The first-order valence-electron chi connectivity index (χ1n) is 10.9. The number of pyridine rings is 1. The summed E-state index contributed by atoms with van der Waals surface area (Å²) in [7, 11) is 1.61. The molecule has 1 saturated heterocycles. The van der Waals surface area contributed by atoms with Gasteiger partial charge in [0.05, 0.1) is 23.7 Å². The maximum Gasteiger partial charge on any atom is 0.255 e. The van der Waals surface area contributed by atoms with E-state index in [-0.39, 0.29) is 5.56 Å². The van der Waals surface area contributed by atoms with Crippen LogP contribution < -0.4 is 20.1 Å². The van der Waals surface area contributed by atoms with E-state index in [2.05, 4.69) is 15.6 Å². The number of ether oxygens (including phenoxy) is 2. The van der Waals surface area contributed by atoms with Crippen molar-refractivity contribution in [3.05, 3.63) is 65.1 Å². The highest BCUT2D eigenvalue weighted by Gasteiger charge is 2.47. The van der Waals surface area contributed by atoms with Gasteiger partial charge in [-0.05, 0) is 68.6 Å². The number of benzene rings is 2. The van der Waals surface area contributed by atoms with Gasteiger partial charge in [-0.25, -0.2) is 4.39 Å². The molecule has 1 amide bonds. The van der Waals surface area contributed by atoms with Crippen molar-refractivity contribution in [3.63, 3.8) is 0 Å². The Morgan fingerprint density at radius 3 is 2.72 bits per heavy atom. The number of nitrogens with zero attached hydrogens (tertiary/aromatic N) is 1. The second kappa shape index (κ2) is 8.06. The van der Waals surface area contributed by atoms with Gasteiger partial charge in [0.2, 0.25) is 0 Å². The number of halogens is 1. The fourth-order valence-electron chi connectivity index (χ4n) is 4.15. The molecule has 1 aromatic heterocycles. The number of hydrogen-bond donors (Lipinski definition) is 2. The van der Waals surface area contributed by atoms with Crippen LogP contribution in [0.4, 0.5) is 4.39 Å². The monoisotopic (exact) mass is 435 g/mol. The summed E-state index contributed by atoms with van der Waals surface area (Å²) in [6.07, 6.45) is 2.58. The molecular weight excluding hydrogens is 409 g/mol. The quantitative estimate of drug-likeness (QED) is 0.590. The summed E-state index contributed by atoms with van der Waals surface area (Å²) in [5.41, 5.74) is 2.07. The Morgan fingerprint density at radius 1 is 1.22 bits per heavy atom. The third-order valence-electron chi connectivity index (χ3n) is 6.33. The van der Waals surface area contributed by atoms with Crippen molar-refractivity contribution < 1.29 is 18.7 Å². The average molecular weight is 435 g/mol. The minimum absolute atomic E-state index is 0.0171. The Kier molecular flexibility index (Phi) is 5.21. The molecule has 2 N–H and O–H groups in total. The van der Waals surface area contributed by atoms with E-state index in [0.29, 0.717) is 24.1 Å². The second-order valence-electron chi connectivity index (χ2n) is 8.62. The van der Waals surface area contributed by atoms with Crippen LogP contribution in [0.2, 0.25) is 0 Å². The molecule has 166 valence electrons. The number of nitrogens with one attached hydrogen (secondary N) is 2. The number of hydrogen-bond acceptors (Lipinski definition) is 5. The highest BCUT2D eigenvalue weighted by molar-refractivity contribution is 5.96. The number of carbonyl (C=O) groups is 1. The van der Waals surface area contributed by atoms with E-state index in [4.69, 9.17) is 9.47 Å². The SMILES string of the molecule is COc1cc(C2(NC(=O)c3cc(OCC4CCN4)ccc3F)CC2)c2ccc(C)nc2c1. The summed E-state index contributed by atoms with van der Waals surface area (Å²) in [5, 5.41) is 7.30. The first-order valence-corrected chi connectivity index (χ1v) is 10.9. The van der Waals surface area contributed by atoms with Gasteiger partial charge in [0, 0.05) is 23.2 Å². The van der Waals surface area contributed by atoms with E-state index in [1.807, 2.05) is 31.2 Å². The zero-order valence-corrected chi connectivity index (χ0v) is 18.2. The van der Waals surface area contributed by atoms with Gasteiger partial charge in [0.15, 0.2) is 0 Å². The minimum atomic E-state index is -0.569. The second-order valence-corrected chi connectivity index (χ2v) is 8.62. The summed E-state index contributed by atoms with van der Waals surface area (Å²) in [4.78, 5) is 17.8. The molecule has 0 bridgehead atoms.